The summed E-state index contributed by atoms with van der Waals surface area (Å²) in [5.41, 5.74) is 2.95. The molecule has 0 aliphatic carbocycles. The van der Waals surface area contributed by atoms with Crippen molar-refractivity contribution < 1.29 is 13.2 Å². The first-order valence-electron chi connectivity index (χ1n) is 7.26. The molecular formula is C16H12F3N5. The Kier molecular flexibility index (Phi) is 3.09. The van der Waals surface area contributed by atoms with Gasteiger partial charge in [-0.3, -0.25) is 9.67 Å². The average Bonchev–Trinajstić information content (AvgIpc) is 3.08. The van der Waals surface area contributed by atoms with Crippen molar-refractivity contribution in [3.05, 3.63) is 48.0 Å². The Labute approximate surface area is 134 Å². The van der Waals surface area contributed by atoms with Crippen molar-refractivity contribution >= 4 is 22.1 Å². The molecule has 0 bridgehead atoms. The Morgan fingerprint density at radius 1 is 1.12 bits per heavy atom. The second kappa shape index (κ2) is 5.05. The molecule has 3 aromatic heterocycles. The zero-order chi connectivity index (χ0) is 16.9. The molecule has 0 atom stereocenters. The molecule has 0 amide bonds. The lowest BCUT2D eigenvalue weighted by molar-refractivity contribution is -0.128. The van der Waals surface area contributed by atoms with Crippen LogP contribution in [0.1, 0.15) is 11.5 Å². The number of alkyl halides is 3. The van der Waals surface area contributed by atoms with Gasteiger partial charge in [0.1, 0.15) is 17.8 Å². The van der Waals surface area contributed by atoms with Crippen LogP contribution in [0.2, 0.25) is 0 Å². The van der Waals surface area contributed by atoms with E-state index in [1.54, 1.807) is 43.5 Å². The minimum absolute atomic E-state index is 0.0848. The molecule has 0 fully saturated rings. The number of H-pyrrole nitrogens is 1. The molecule has 8 heteroatoms. The number of benzene rings is 1. The average molecular weight is 331 g/mol. The van der Waals surface area contributed by atoms with Crippen LogP contribution in [0.15, 0.2) is 36.5 Å². The molecule has 4 aromatic rings. The first kappa shape index (κ1) is 14.7. The number of halogens is 3. The van der Waals surface area contributed by atoms with E-state index < -0.39 is 12.6 Å². The van der Waals surface area contributed by atoms with Crippen molar-refractivity contribution in [2.24, 2.45) is 0 Å². The SMILES string of the molecule is Cc1ccc2nc(CC(F)(F)F)n(-c3ccc4[nH]ncc4c3)c2n1. The maximum absolute atomic E-state index is 13.0. The lowest BCUT2D eigenvalue weighted by Crippen LogP contribution is -2.16. The maximum atomic E-state index is 13.0. The third kappa shape index (κ3) is 2.49. The number of fused-ring (bicyclic) bond motifs is 2. The normalized spacial score (nSPS) is 12.3. The third-order valence-electron chi connectivity index (χ3n) is 3.75. The van der Waals surface area contributed by atoms with Crippen molar-refractivity contribution in [3.8, 4) is 5.69 Å². The number of nitrogens with zero attached hydrogens (tertiary/aromatic N) is 4. The van der Waals surface area contributed by atoms with Gasteiger partial charge in [-0.15, -0.1) is 0 Å². The van der Waals surface area contributed by atoms with Gasteiger partial charge in [0, 0.05) is 16.8 Å². The fourth-order valence-corrected chi connectivity index (χ4v) is 2.74. The van der Waals surface area contributed by atoms with E-state index in [0.717, 1.165) is 10.9 Å². The van der Waals surface area contributed by atoms with Gasteiger partial charge in [0.15, 0.2) is 5.65 Å². The highest BCUT2D eigenvalue weighted by Crippen LogP contribution is 2.27. The number of pyridine rings is 1. The van der Waals surface area contributed by atoms with Crippen LogP contribution in [0.3, 0.4) is 0 Å². The van der Waals surface area contributed by atoms with Crippen LogP contribution in [0.5, 0.6) is 0 Å². The summed E-state index contributed by atoms with van der Waals surface area (Å²) in [6, 6.07) is 8.69. The van der Waals surface area contributed by atoms with Gasteiger partial charge in [-0.05, 0) is 37.3 Å². The molecule has 4 rings (SSSR count). The largest absolute Gasteiger partial charge is 0.396 e. The van der Waals surface area contributed by atoms with E-state index in [4.69, 9.17) is 0 Å². The van der Waals surface area contributed by atoms with E-state index in [1.807, 2.05) is 0 Å². The molecule has 5 nitrogen and oxygen atoms in total. The summed E-state index contributed by atoms with van der Waals surface area (Å²) in [5.74, 6) is -0.0848. The van der Waals surface area contributed by atoms with E-state index in [9.17, 15) is 13.2 Å². The molecule has 24 heavy (non-hydrogen) atoms. The quantitative estimate of drug-likeness (QED) is 0.609. The highest BCUT2D eigenvalue weighted by molar-refractivity contribution is 5.82. The van der Waals surface area contributed by atoms with Crippen LogP contribution in [-0.2, 0) is 6.42 Å². The molecule has 122 valence electrons. The number of aryl methyl sites for hydroxylation is 1. The number of imidazole rings is 1. The van der Waals surface area contributed by atoms with E-state index in [2.05, 4.69) is 20.2 Å². The molecule has 0 aliphatic heterocycles. The summed E-state index contributed by atoms with van der Waals surface area (Å²) in [7, 11) is 0. The van der Waals surface area contributed by atoms with Gasteiger partial charge in [0.2, 0.25) is 0 Å². The molecule has 0 saturated carbocycles. The van der Waals surface area contributed by atoms with Crippen molar-refractivity contribution in [1.82, 2.24) is 24.7 Å². The standard InChI is InChI=1S/C16H12F3N5/c1-9-2-4-13-15(21-9)24(14(22-13)7-16(17,18)19)11-3-5-12-10(6-11)8-20-23-12/h2-6,8H,7H2,1H3,(H,20,23). The predicted octanol–water partition coefficient (Wildman–Crippen LogP) is 3.71. The van der Waals surface area contributed by atoms with Gasteiger partial charge in [0.05, 0.1) is 11.7 Å². The molecular weight excluding hydrogens is 319 g/mol. The Morgan fingerprint density at radius 2 is 1.96 bits per heavy atom. The zero-order valence-electron chi connectivity index (χ0n) is 12.6. The molecule has 1 N–H and O–H groups in total. The molecule has 0 saturated heterocycles. The van der Waals surface area contributed by atoms with Gasteiger partial charge in [0.25, 0.3) is 0 Å². The lowest BCUT2D eigenvalue weighted by atomic mass is 10.2. The summed E-state index contributed by atoms with van der Waals surface area (Å²) in [6.45, 7) is 1.79. The fourth-order valence-electron chi connectivity index (χ4n) is 2.74. The van der Waals surface area contributed by atoms with E-state index in [0.29, 0.717) is 22.5 Å². The second-order valence-electron chi connectivity index (χ2n) is 5.59. The Bertz CT molecular complexity index is 1040. The van der Waals surface area contributed by atoms with Crippen LogP contribution in [0.4, 0.5) is 13.2 Å². The summed E-state index contributed by atoms with van der Waals surface area (Å²) >= 11 is 0. The maximum Gasteiger partial charge on any atom is 0.396 e. The Hall–Kier alpha value is -2.90. The van der Waals surface area contributed by atoms with Gasteiger partial charge in [-0.25, -0.2) is 9.97 Å². The van der Waals surface area contributed by atoms with Crippen molar-refractivity contribution in [2.45, 2.75) is 19.5 Å². The lowest BCUT2D eigenvalue weighted by Gasteiger charge is -2.11. The van der Waals surface area contributed by atoms with Crippen molar-refractivity contribution in [1.29, 1.82) is 0 Å². The molecule has 3 heterocycles. The number of aromatic amines is 1. The highest BCUT2D eigenvalue weighted by atomic mass is 19.4. The smallest absolute Gasteiger partial charge is 0.280 e. The van der Waals surface area contributed by atoms with Crippen LogP contribution in [0.25, 0.3) is 27.8 Å². The summed E-state index contributed by atoms with van der Waals surface area (Å²) < 4.78 is 40.3. The Morgan fingerprint density at radius 3 is 2.75 bits per heavy atom. The number of aromatic nitrogens is 5. The number of nitrogens with one attached hydrogen (secondary N) is 1. The Balaban J connectivity index is 1.99. The monoisotopic (exact) mass is 331 g/mol. The molecule has 1 aromatic carbocycles. The zero-order valence-corrected chi connectivity index (χ0v) is 12.6. The van der Waals surface area contributed by atoms with Crippen LogP contribution in [0, 0.1) is 6.92 Å². The van der Waals surface area contributed by atoms with Crippen LogP contribution in [-0.4, -0.2) is 30.9 Å². The van der Waals surface area contributed by atoms with Crippen molar-refractivity contribution in [2.75, 3.05) is 0 Å². The molecule has 0 unspecified atom stereocenters. The summed E-state index contributed by atoms with van der Waals surface area (Å²) in [6.07, 6.45) is -3.85. The fraction of sp³-hybridized carbons (Fsp3) is 0.188. The molecule has 0 aliphatic rings. The number of rotatable bonds is 2. The van der Waals surface area contributed by atoms with E-state index in [1.165, 1.54) is 4.57 Å². The minimum atomic E-state index is -4.35. The summed E-state index contributed by atoms with van der Waals surface area (Å²) in [5, 5.41) is 7.56. The van der Waals surface area contributed by atoms with Gasteiger partial charge in [-0.1, -0.05) is 0 Å². The molecule has 0 spiro atoms. The number of hydrogen-bond acceptors (Lipinski definition) is 3. The van der Waals surface area contributed by atoms with Crippen LogP contribution >= 0.6 is 0 Å². The first-order valence-corrected chi connectivity index (χ1v) is 7.26. The molecule has 0 radical (unpaired) electrons. The predicted molar refractivity (Wildman–Crippen MR) is 83.0 cm³/mol. The minimum Gasteiger partial charge on any atom is -0.280 e. The highest BCUT2D eigenvalue weighted by Gasteiger charge is 2.31. The van der Waals surface area contributed by atoms with Gasteiger partial charge in [-0.2, -0.15) is 18.3 Å². The summed E-state index contributed by atoms with van der Waals surface area (Å²) in [4.78, 5) is 8.52. The first-order chi connectivity index (χ1) is 11.4. The van der Waals surface area contributed by atoms with Crippen LogP contribution < -0.4 is 0 Å². The topological polar surface area (TPSA) is 59.4 Å². The third-order valence-corrected chi connectivity index (χ3v) is 3.75. The van der Waals surface area contributed by atoms with E-state index in [-0.39, 0.29) is 5.82 Å². The second-order valence-corrected chi connectivity index (χ2v) is 5.59. The van der Waals surface area contributed by atoms with Crippen molar-refractivity contribution in [3.63, 3.8) is 0 Å². The van der Waals surface area contributed by atoms with Gasteiger partial charge >= 0.3 is 6.18 Å². The van der Waals surface area contributed by atoms with E-state index >= 15 is 0 Å². The van der Waals surface area contributed by atoms with Gasteiger partial charge < -0.3 is 0 Å². The number of hydrogen-bond donors (Lipinski definition) is 1.